The molecule has 108 valence electrons. The number of rotatable bonds is 9. The van der Waals surface area contributed by atoms with Crippen molar-refractivity contribution in [3.8, 4) is 0 Å². The van der Waals surface area contributed by atoms with Gasteiger partial charge in [0, 0.05) is 12.5 Å². The quantitative estimate of drug-likeness (QED) is 0.557. The first-order valence-corrected chi connectivity index (χ1v) is 7.87. The van der Waals surface area contributed by atoms with E-state index in [1.165, 1.54) is 31.0 Å². The van der Waals surface area contributed by atoms with Crippen molar-refractivity contribution in [2.75, 3.05) is 5.75 Å². The highest BCUT2D eigenvalue weighted by Gasteiger charge is 2.17. The number of aliphatic carboxylic acids is 1. The van der Waals surface area contributed by atoms with E-state index in [2.05, 4.69) is 28.6 Å². The van der Waals surface area contributed by atoms with Gasteiger partial charge in [-0.15, -0.1) is 10.2 Å². The zero-order valence-corrected chi connectivity index (χ0v) is 12.7. The standard InChI is InChI=1S/C13H23N3O2S/c1-4-6-7-8-10(3)16-11(5-2)14-15-13(16)19-9-12(17)18/h10H,4-9H2,1-3H3,(H,17,18). The number of carboxylic acid groups (broad SMARTS) is 1. The zero-order valence-electron chi connectivity index (χ0n) is 11.9. The molecule has 19 heavy (non-hydrogen) atoms. The van der Waals surface area contributed by atoms with Crippen molar-refractivity contribution in [3.05, 3.63) is 5.82 Å². The molecule has 0 spiro atoms. The van der Waals surface area contributed by atoms with Crippen LogP contribution >= 0.6 is 11.8 Å². The first-order chi connectivity index (χ1) is 9.10. The molecule has 1 aromatic heterocycles. The average molecular weight is 285 g/mol. The Kier molecular flexibility index (Phi) is 6.91. The Morgan fingerprint density at radius 1 is 1.37 bits per heavy atom. The maximum absolute atomic E-state index is 10.7. The van der Waals surface area contributed by atoms with Crippen molar-refractivity contribution >= 4 is 17.7 Å². The zero-order chi connectivity index (χ0) is 14.3. The summed E-state index contributed by atoms with van der Waals surface area (Å²) in [7, 11) is 0. The molecule has 0 saturated carbocycles. The normalized spacial score (nSPS) is 12.6. The lowest BCUT2D eigenvalue weighted by molar-refractivity contribution is -0.133. The monoisotopic (exact) mass is 285 g/mol. The minimum Gasteiger partial charge on any atom is -0.481 e. The van der Waals surface area contributed by atoms with Crippen molar-refractivity contribution in [1.82, 2.24) is 14.8 Å². The fourth-order valence-corrected chi connectivity index (χ4v) is 2.81. The number of thioether (sulfide) groups is 1. The third kappa shape index (κ3) is 4.86. The molecule has 1 unspecified atom stereocenters. The number of unbranched alkanes of at least 4 members (excludes halogenated alkanes) is 2. The van der Waals surface area contributed by atoms with E-state index in [4.69, 9.17) is 5.11 Å². The minimum absolute atomic E-state index is 0.0313. The number of aryl methyl sites for hydroxylation is 1. The Balaban J connectivity index is 2.76. The van der Waals surface area contributed by atoms with Crippen LogP contribution in [-0.4, -0.2) is 31.6 Å². The highest BCUT2D eigenvalue weighted by atomic mass is 32.2. The Morgan fingerprint density at radius 3 is 2.68 bits per heavy atom. The maximum Gasteiger partial charge on any atom is 0.313 e. The van der Waals surface area contributed by atoms with Crippen LogP contribution in [-0.2, 0) is 11.2 Å². The molecule has 1 heterocycles. The molecule has 1 rings (SSSR count). The van der Waals surface area contributed by atoms with E-state index in [9.17, 15) is 4.79 Å². The summed E-state index contributed by atoms with van der Waals surface area (Å²) in [5.74, 6) is 0.150. The van der Waals surface area contributed by atoms with E-state index in [0.29, 0.717) is 6.04 Å². The van der Waals surface area contributed by atoms with E-state index in [0.717, 1.165) is 23.8 Å². The van der Waals surface area contributed by atoms with Crippen molar-refractivity contribution < 1.29 is 9.90 Å². The van der Waals surface area contributed by atoms with Gasteiger partial charge >= 0.3 is 5.97 Å². The third-order valence-electron chi connectivity index (χ3n) is 3.04. The molecule has 1 N–H and O–H groups in total. The van der Waals surface area contributed by atoms with Crippen LogP contribution in [0.15, 0.2) is 5.16 Å². The molecule has 0 radical (unpaired) electrons. The van der Waals surface area contributed by atoms with Crippen LogP contribution in [0.5, 0.6) is 0 Å². The number of hydrogen-bond donors (Lipinski definition) is 1. The topological polar surface area (TPSA) is 68.0 Å². The molecule has 1 atom stereocenters. The largest absolute Gasteiger partial charge is 0.481 e. The molecular weight excluding hydrogens is 262 g/mol. The van der Waals surface area contributed by atoms with Crippen LogP contribution in [0.4, 0.5) is 0 Å². The molecule has 0 aliphatic heterocycles. The van der Waals surface area contributed by atoms with Gasteiger partial charge in [-0.05, 0) is 13.3 Å². The molecule has 0 amide bonds. The highest BCUT2D eigenvalue weighted by molar-refractivity contribution is 7.99. The lowest BCUT2D eigenvalue weighted by Gasteiger charge is -2.17. The van der Waals surface area contributed by atoms with Crippen LogP contribution in [0.1, 0.15) is 58.3 Å². The van der Waals surface area contributed by atoms with E-state index in [1.54, 1.807) is 0 Å². The summed E-state index contributed by atoms with van der Waals surface area (Å²) in [4.78, 5) is 10.7. The highest BCUT2D eigenvalue weighted by Crippen LogP contribution is 2.25. The lowest BCUT2D eigenvalue weighted by atomic mass is 10.1. The van der Waals surface area contributed by atoms with Crippen LogP contribution in [0.2, 0.25) is 0 Å². The van der Waals surface area contributed by atoms with Crippen LogP contribution < -0.4 is 0 Å². The number of carboxylic acids is 1. The Labute approximate surface area is 118 Å². The second-order valence-electron chi connectivity index (χ2n) is 4.65. The molecule has 5 nitrogen and oxygen atoms in total. The fraction of sp³-hybridized carbons (Fsp3) is 0.769. The summed E-state index contributed by atoms with van der Waals surface area (Å²) >= 11 is 1.25. The van der Waals surface area contributed by atoms with E-state index in [-0.39, 0.29) is 5.75 Å². The van der Waals surface area contributed by atoms with Crippen molar-refractivity contribution in [2.24, 2.45) is 0 Å². The summed E-state index contributed by atoms with van der Waals surface area (Å²) in [6, 6.07) is 0.327. The summed E-state index contributed by atoms with van der Waals surface area (Å²) < 4.78 is 2.10. The number of aromatic nitrogens is 3. The van der Waals surface area contributed by atoms with E-state index < -0.39 is 5.97 Å². The minimum atomic E-state index is -0.823. The Hall–Kier alpha value is -1.04. The molecule has 0 aromatic carbocycles. The van der Waals surface area contributed by atoms with Gasteiger partial charge in [0.05, 0.1) is 5.75 Å². The number of carbonyl (C=O) groups is 1. The van der Waals surface area contributed by atoms with E-state index >= 15 is 0 Å². The molecular formula is C13H23N3O2S. The third-order valence-corrected chi connectivity index (χ3v) is 3.97. The molecule has 0 aliphatic carbocycles. The molecule has 0 fully saturated rings. The molecule has 1 aromatic rings. The van der Waals surface area contributed by atoms with Crippen LogP contribution in [0.3, 0.4) is 0 Å². The molecule has 0 saturated heterocycles. The van der Waals surface area contributed by atoms with Gasteiger partial charge in [0.25, 0.3) is 0 Å². The average Bonchev–Trinajstić information content (AvgIpc) is 2.79. The van der Waals surface area contributed by atoms with Crippen molar-refractivity contribution in [2.45, 2.75) is 64.1 Å². The second-order valence-corrected chi connectivity index (χ2v) is 5.59. The molecule has 0 aliphatic rings. The van der Waals surface area contributed by atoms with Crippen molar-refractivity contribution in [3.63, 3.8) is 0 Å². The number of nitrogens with zero attached hydrogens (tertiary/aromatic N) is 3. The SMILES string of the molecule is CCCCCC(C)n1c(CC)nnc1SCC(=O)O. The van der Waals surface area contributed by atoms with Gasteiger partial charge in [-0.3, -0.25) is 4.79 Å². The Morgan fingerprint density at radius 2 is 2.11 bits per heavy atom. The first-order valence-electron chi connectivity index (χ1n) is 6.88. The molecule has 0 bridgehead atoms. The summed E-state index contributed by atoms with van der Waals surface area (Å²) in [6.07, 6.45) is 5.52. The second kappa shape index (κ2) is 8.19. The smallest absolute Gasteiger partial charge is 0.313 e. The van der Waals surface area contributed by atoms with Gasteiger partial charge in [0.1, 0.15) is 5.82 Å². The van der Waals surface area contributed by atoms with E-state index in [1.807, 2.05) is 6.92 Å². The summed E-state index contributed by atoms with van der Waals surface area (Å²) in [5, 5.41) is 17.8. The van der Waals surface area contributed by atoms with Gasteiger partial charge in [0.2, 0.25) is 0 Å². The van der Waals surface area contributed by atoms with Gasteiger partial charge in [-0.2, -0.15) is 0 Å². The van der Waals surface area contributed by atoms with Gasteiger partial charge in [-0.1, -0.05) is 44.9 Å². The molecule has 6 heteroatoms. The van der Waals surface area contributed by atoms with Crippen molar-refractivity contribution in [1.29, 1.82) is 0 Å². The maximum atomic E-state index is 10.7. The number of hydrogen-bond acceptors (Lipinski definition) is 4. The fourth-order valence-electron chi connectivity index (χ4n) is 2.03. The Bertz CT molecular complexity index is 407. The van der Waals surface area contributed by atoms with Gasteiger partial charge < -0.3 is 9.67 Å². The lowest BCUT2D eigenvalue weighted by Crippen LogP contribution is -2.11. The first kappa shape index (κ1) is 16.0. The van der Waals surface area contributed by atoms with Gasteiger partial charge in [0.15, 0.2) is 5.16 Å². The predicted molar refractivity (Wildman–Crippen MR) is 76.6 cm³/mol. The van der Waals surface area contributed by atoms with Crippen LogP contribution in [0.25, 0.3) is 0 Å². The summed E-state index contributed by atoms with van der Waals surface area (Å²) in [6.45, 7) is 6.39. The van der Waals surface area contributed by atoms with Gasteiger partial charge in [-0.25, -0.2) is 0 Å². The predicted octanol–water partition coefficient (Wildman–Crippen LogP) is 3.16. The summed E-state index contributed by atoms with van der Waals surface area (Å²) in [5.41, 5.74) is 0. The van der Waals surface area contributed by atoms with Crippen LogP contribution in [0, 0.1) is 0 Å².